The highest BCUT2D eigenvalue weighted by atomic mass is 19.4. The Balaban J connectivity index is 2.98. The summed E-state index contributed by atoms with van der Waals surface area (Å²) in [5.41, 5.74) is 0.165. The number of phenols is 1. The van der Waals surface area contributed by atoms with Gasteiger partial charge in [-0.05, 0) is 38.1 Å². The molecule has 0 saturated carbocycles. The number of phenolic OH excluding ortho intramolecular Hbond substituents is 1. The van der Waals surface area contributed by atoms with Crippen LogP contribution >= 0.6 is 0 Å². The van der Waals surface area contributed by atoms with Crippen LogP contribution in [0.1, 0.15) is 31.9 Å². The molecule has 1 aromatic carbocycles. The molecular weight excluding hydrogens is 262 g/mol. The van der Waals surface area contributed by atoms with Gasteiger partial charge in [0.1, 0.15) is 11.6 Å². The van der Waals surface area contributed by atoms with Crippen molar-refractivity contribution in [3.05, 3.63) is 29.6 Å². The zero-order chi connectivity index (χ0) is 14.6. The van der Waals surface area contributed by atoms with E-state index in [2.05, 4.69) is 0 Å². The van der Waals surface area contributed by atoms with Crippen LogP contribution in [0.3, 0.4) is 0 Å². The van der Waals surface area contributed by atoms with E-state index in [-0.39, 0.29) is 17.9 Å². The van der Waals surface area contributed by atoms with Gasteiger partial charge < -0.3 is 5.11 Å². The van der Waals surface area contributed by atoms with Crippen molar-refractivity contribution in [1.29, 1.82) is 0 Å². The SMILES string of the molecule is CCCN(CC(F)(F)F)C(C)c1cc(F)ccc1O. The van der Waals surface area contributed by atoms with Crippen molar-refractivity contribution in [1.82, 2.24) is 4.90 Å². The maximum Gasteiger partial charge on any atom is 0.401 e. The molecule has 0 radical (unpaired) electrons. The molecule has 0 amide bonds. The summed E-state index contributed by atoms with van der Waals surface area (Å²) in [4.78, 5) is 1.18. The zero-order valence-corrected chi connectivity index (χ0v) is 10.8. The van der Waals surface area contributed by atoms with Gasteiger partial charge in [0.2, 0.25) is 0 Å². The molecule has 0 heterocycles. The summed E-state index contributed by atoms with van der Waals surface area (Å²) < 4.78 is 50.7. The van der Waals surface area contributed by atoms with Crippen molar-refractivity contribution in [3.63, 3.8) is 0 Å². The van der Waals surface area contributed by atoms with Crippen molar-refractivity contribution in [2.45, 2.75) is 32.5 Å². The van der Waals surface area contributed by atoms with E-state index >= 15 is 0 Å². The Labute approximate surface area is 109 Å². The standard InChI is InChI=1S/C13H17F4NO/c1-3-6-18(8-13(15,16)17)9(2)11-7-10(14)4-5-12(11)19/h4-5,7,9,19H,3,6,8H2,1-2H3. The van der Waals surface area contributed by atoms with E-state index in [4.69, 9.17) is 0 Å². The molecule has 0 fully saturated rings. The van der Waals surface area contributed by atoms with Gasteiger partial charge in [0, 0.05) is 11.6 Å². The molecule has 0 aliphatic heterocycles. The Morgan fingerprint density at radius 1 is 1.32 bits per heavy atom. The topological polar surface area (TPSA) is 23.5 Å². The molecule has 0 aliphatic carbocycles. The molecule has 0 aliphatic rings. The molecule has 1 unspecified atom stereocenters. The van der Waals surface area contributed by atoms with Crippen LogP contribution in [0.2, 0.25) is 0 Å². The fraction of sp³-hybridized carbons (Fsp3) is 0.538. The van der Waals surface area contributed by atoms with Gasteiger partial charge in [0.25, 0.3) is 0 Å². The molecule has 0 spiro atoms. The third kappa shape index (κ3) is 4.70. The maximum absolute atomic E-state index is 13.1. The summed E-state index contributed by atoms with van der Waals surface area (Å²) in [5, 5.41) is 9.65. The summed E-state index contributed by atoms with van der Waals surface area (Å²) in [6, 6.07) is 2.58. The number of benzene rings is 1. The van der Waals surface area contributed by atoms with Gasteiger partial charge in [-0.1, -0.05) is 6.92 Å². The fourth-order valence-electron chi connectivity index (χ4n) is 1.98. The Bertz CT molecular complexity index is 420. The first kappa shape index (κ1) is 15.8. The van der Waals surface area contributed by atoms with Crippen LogP contribution in [0.5, 0.6) is 5.75 Å². The lowest BCUT2D eigenvalue weighted by molar-refractivity contribution is -0.150. The van der Waals surface area contributed by atoms with Crippen molar-refractivity contribution in [3.8, 4) is 5.75 Å². The number of rotatable bonds is 5. The molecule has 1 N–H and O–H groups in total. The minimum atomic E-state index is -4.33. The van der Waals surface area contributed by atoms with Gasteiger partial charge in [-0.2, -0.15) is 13.2 Å². The summed E-state index contributed by atoms with van der Waals surface area (Å²) in [6.07, 6.45) is -3.79. The second-order valence-corrected chi connectivity index (χ2v) is 4.46. The highest BCUT2D eigenvalue weighted by molar-refractivity contribution is 5.34. The van der Waals surface area contributed by atoms with Crippen LogP contribution in [0.15, 0.2) is 18.2 Å². The number of nitrogens with zero attached hydrogens (tertiary/aromatic N) is 1. The minimum absolute atomic E-state index is 0.165. The van der Waals surface area contributed by atoms with Crippen molar-refractivity contribution in [2.75, 3.05) is 13.1 Å². The Kier molecular flexibility index (Phi) is 5.17. The average Bonchev–Trinajstić information content (AvgIpc) is 2.29. The number of halogens is 4. The second-order valence-electron chi connectivity index (χ2n) is 4.46. The average molecular weight is 279 g/mol. The number of hydrogen-bond donors (Lipinski definition) is 1. The number of hydrogen-bond acceptors (Lipinski definition) is 2. The van der Waals surface area contributed by atoms with E-state index in [9.17, 15) is 22.7 Å². The smallest absolute Gasteiger partial charge is 0.401 e. The first-order valence-corrected chi connectivity index (χ1v) is 6.03. The fourth-order valence-corrected chi connectivity index (χ4v) is 1.98. The third-order valence-corrected chi connectivity index (χ3v) is 2.88. The van der Waals surface area contributed by atoms with Gasteiger partial charge >= 0.3 is 6.18 Å². The molecule has 0 saturated heterocycles. The van der Waals surface area contributed by atoms with Crippen molar-refractivity contribution < 1.29 is 22.7 Å². The molecule has 1 atom stereocenters. The molecule has 108 valence electrons. The van der Waals surface area contributed by atoms with E-state index in [0.29, 0.717) is 6.42 Å². The third-order valence-electron chi connectivity index (χ3n) is 2.88. The van der Waals surface area contributed by atoms with Crippen LogP contribution in [0, 0.1) is 5.82 Å². The van der Waals surface area contributed by atoms with Crippen LogP contribution in [0.4, 0.5) is 17.6 Å². The Morgan fingerprint density at radius 3 is 2.47 bits per heavy atom. The van der Waals surface area contributed by atoms with Crippen molar-refractivity contribution in [2.24, 2.45) is 0 Å². The molecule has 0 bridgehead atoms. The van der Waals surface area contributed by atoms with E-state index in [0.717, 1.165) is 18.2 Å². The lowest BCUT2D eigenvalue weighted by atomic mass is 10.1. The summed E-state index contributed by atoms with van der Waals surface area (Å²) in [7, 11) is 0. The van der Waals surface area contributed by atoms with Crippen molar-refractivity contribution >= 4 is 0 Å². The molecule has 1 aromatic rings. The second kappa shape index (κ2) is 6.23. The lowest BCUT2D eigenvalue weighted by Crippen LogP contribution is -2.36. The molecular formula is C13H17F4NO. The predicted octanol–water partition coefficient (Wildman–Crippen LogP) is 3.87. The quantitative estimate of drug-likeness (QED) is 0.827. The highest BCUT2D eigenvalue weighted by Gasteiger charge is 2.33. The van der Waals surface area contributed by atoms with Gasteiger partial charge in [0.05, 0.1) is 6.54 Å². The Hall–Kier alpha value is -1.30. The van der Waals surface area contributed by atoms with Crippen LogP contribution in [-0.2, 0) is 0 Å². The largest absolute Gasteiger partial charge is 0.508 e. The first-order chi connectivity index (χ1) is 8.74. The predicted molar refractivity (Wildman–Crippen MR) is 64.4 cm³/mol. The monoisotopic (exact) mass is 279 g/mol. The first-order valence-electron chi connectivity index (χ1n) is 6.03. The number of aromatic hydroxyl groups is 1. The van der Waals surface area contributed by atoms with Crippen LogP contribution in [0.25, 0.3) is 0 Å². The van der Waals surface area contributed by atoms with Gasteiger partial charge in [-0.25, -0.2) is 4.39 Å². The molecule has 2 nitrogen and oxygen atoms in total. The highest BCUT2D eigenvalue weighted by Crippen LogP contribution is 2.31. The molecule has 19 heavy (non-hydrogen) atoms. The number of alkyl halides is 3. The Morgan fingerprint density at radius 2 is 1.95 bits per heavy atom. The van der Waals surface area contributed by atoms with Crippen LogP contribution < -0.4 is 0 Å². The maximum atomic E-state index is 13.1. The molecule has 1 rings (SSSR count). The zero-order valence-electron chi connectivity index (χ0n) is 10.8. The van der Waals surface area contributed by atoms with E-state index in [1.165, 1.54) is 11.8 Å². The summed E-state index contributed by atoms with van der Waals surface area (Å²) in [6.45, 7) is 2.42. The molecule has 0 aromatic heterocycles. The summed E-state index contributed by atoms with van der Waals surface area (Å²) in [5.74, 6) is -0.778. The lowest BCUT2D eigenvalue weighted by Gasteiger charge is -2.30. The van der Waals surface area contributed by atoms with E-state index in [1.807, 2.05) is 0 Å². The van der Waals surface area contributed by atoms with Gasteiger partial charge in [-0.15, -0.1) is 0 Å². The van der Waals surface area contributed by atoms with E-state index < -0.39 is 24.6 Å². The van der Waals surface area contributed by atoms with Gasteiger partial charge in [-0.3, -0.25) is 4.90 Å². The van der Waals surface area contributed by atoms with Crippen LogP contribution in [-0.4, -0.2) is 29.3 Å². The minimum Gasteiger partial charge on any atom is -0.508 e. The van der Waals surface area contributed by atoms with E-state index in [1.54, 1.807) is 6.92 Å². The normalized spacial score (nSPS) is 13.8. The van der Waals surface area contributed by atoms with Gasteiger partial charge in [0.15, 0.2) is 0 Å². The summed E-state index contributed by atoms with van der Waals surface area (Å²) >= 11 is 0. The molecule has 6 heteroatoms.